The summed E-state index contributed by atoms with van der Waals surface area (Å²) in [5.74, 6) is 0.173. The molecule has 21 heavy (non-hydrogen) atoms. The molecule has 2 atom stereocenters. The van der Waals surface area contributed by atoms with Gasteiger partial charge in [-0.3, -0.25) is 4.98 Å². The van der Waals surface area contributed by atoms with Gasteiger partial charge in [-0.25, -0.2) is 4.39 Å². The molecule has 0 saturated carbocycles. The first-order valence-electron chi connectivity index (χ1n) is 7.58. The van der Waals surface area contributed by atoms with Gasteiger partial charge in [-0.1, -0.05) is 18.2 Å². The molecule has 0 fully saturated rings. The molecular formula is C18H21FN2. The minimum atomic E-state index is -0.134. The molecular weight excluding hydrogens is 263 g/mol. The van der Waals surface area contributed by atoms with Gasteiger partial charge in [0.05, 0.1) is 0 Å². The molecule has 1 aliphatic rings. The maximum absolute atomic E-state index is 13.9. The highest BCUT2D eigenvalue weighted by molar-refractivity contribution is 5.33. The van der Waals surface area contributed by atoms with Gasteiger partial charge in [0.1, 0.15) is 5.82 Å². The lowest BCUT2D eigenvalue weighted by Gasteiger charge is -2.31. The standard InChI is InChI=1S/C18H21FN2/c1-12-8-9-14(11-16(12)19)17(20-2)15-7-3-5-13-6-4-10-21-18(13)15/h4,6,8-11,15,17,20H,3,5,7H2,1-2H3. The number of aryl methyl sites for hydroxylation is 2. The van der Waals surface area contributed by atoms with Gasteiger partial charge in [0.2, 0.25) is 0 Å². The predicted octanol–water partition coefficient (Wildman–Crippen LogP) is 3.91. The van der Waals surface area contributed by atoms with Crippen LogP contribution in [-0.2, 0) is 6.42 Å². The number of nitrogens with zero attached hydrogens (tertiary/aromatic N) is 1. The quantitative estimate of drug-likeness (QED) is 0.924. The monoisotopic (exact) mass is 284 g/mol. The molecule has 1 aliphatic carbocycles. The molecule has 0 radical (unpaired) electrons. The Bertz CT molecular complexity index is 639. The highest BCUT2D eigenvalue weighted by Crippen LogP contribution is 2.39. The fourth-order valence-corrected chi connectivity index (χ4v) is 3.37. The van der Waals surface area contributed by atoms with Gasteiger partial charge in [0, 0.05) is 23.9 Å². The fraction of sp³-hybridized carbons (Fsp3) is 0.389. The molecule has 110 valence electrons. The summed E-state index contributed by atoms with van der Waals surface area (Å²) in [5.41, 5.74) is 4.20. The lowest BCUT2D eigenvalue weighted by Crippen LogP contribution is -2.27. The van der Waals surface area contributed by atoms with Crippen LogP contribution < -0.4 is 5.32 Å². The van der Waals surface area contributed by atoms with Crippen LogP contribution in [0.3, 0.4) is 0 Å². The minimum Gasteiger partial charge on any atom is -0.312 e. The first kappa shape index (κ1) is 14.2. The average molecular weight is 284 g/mol. The summed E-state index contributed by atoms with van der Waals surface area (Å²) in [6, 6.07) is 9.81. The summed E-state index contributed by atoms with van der Waals surface area (Å²) in [4.78, 5) is 4.60. The van der Waals surface area contributed by atoms with Crippen LogP contribution in [0.1, 0.15) is 47.2 Å². The smallest absolute Gasteiger partial charge is 0.126 e. The lowest BCUT2D eigenvalue weighted by molar-refractivity contribution is 0.414. The van der Waals surface area contributed by atoms with Crippen LogP contribution in [0.4, 0.5) is 4.39 Å². The third-order valence-electron chi connectivity index (χ3n) is 4.51. The van der Waals surface area contributed by atoms with E-state index < -0.39 is 0 Å². The van der Waals surface area contributed by atoms with Crippen molar-refractivity contribution in [1.82, 2.24) is 10.3 Å². The Kier molecular flexibility index (Phi) is 4.02. The first-order valence-corrected chi connectivity index (χ1v) is 7.58. The zero-order valence-corrected chi connectivity index (χ0v) is 12.6. The second-order valence-electron chi connectivity index (χ2n) is 5.82. The number of fused-ring (bicyclic) bond motifs is 1. The van der Waals surface area contributed by atoms with Crippen LogP contribution >= 0.6 is 0 Å². The number of likely N-dealkylation sites (N-methyl/N-ethyl adjacent to an activating group) is 1. The van der Waals surface area contributed by atoms with Crippen molar-refractivity contribution in [3.63, 3.8) is 0 Å². The Morgan fingerprint density at radius 3 is 2.95 bits per heavy atom. The van der Waals surface area contributed by atoms with E-state index in [0.717, 1.165) is 24.8 Å². The van der Waals surface area contributed by atoms with Crippen LogP contribution in [-0.4, -0.2) is 12.0 Å². The Balaban J connectivity index is 1.99. The molecule has 0 aliphatic heterocycles. The molecule has 3 heteroatoms. The van der Waals surface area contributed by atoms with Gasteiger partial charge >= 0.3 is 0 Å². The molecule has 1 heterocycles. The molecule has 3 rings (SSSR count). The number of nitrogens with one attached hydrogen (secondary N) is 1. The number of hydrogen-bond donors (Lipinski definition) is 1. The first-order chi connectivity index (χ1) is 10.2. The Hall–Kier alpha value is -1.74. The number of pyridine rings is 1. The normalized spacial score (nSPS) is 19.1. The summed E-state index contributed by atoms with van der Waals surface area (Å²) in [7, 11) is 1.94. The van der Waals surface area contributed by atoms with E-state index in [-0.39, 0.29) is 11.9 Å². The maximum atomic E-state index is 13.9. The van der Waals surface area contributed by atoms with Crippen LogP contribution in [0, 0.1) is 12.7 Å². The minimum absolute atomic E-state index is 0.106. The number of aromatic nitrogens is 1. The number of halogens is 1. The van der Waals surface area contributed by atoms with Crippen molar-refractivity contribution in [3.05, 3.63) is 64.7 Å². The van der Waals surface area contributed by atoms with E-state index in [4.69, 9.17) is 0 Å². The molecule has 0 bridgehead atoms. The van der Waals surface area contributed by atoms with Crippen molar-refractivity contribution in [2.75, 3.05) is 7.05 Å². The van der Waals surface area contributed by atoms with E-state index in [1.54, 1.807) is 13.0 Å². The van der Waals surface area contributed by atoms with Gasteiger partial charge in [-0.2, -0.15) is 0 Å². The van der Waals surface area contributed by atoms with E-state index in [0.29, 0.717) is 11.5 Å². The van der Waals surface area contributed by atoms with Gasteiger partial charge in [-0.15, -0.1) is 0 Å². The van der Waals surface area contributed by atoms with E-state index in [9.17, 15) is 4.39 Å². The Morgan fingerprint density at radius 1 is 1.33 bits per heavy atom. The topological polar surface area (TPSA) is 24.9 Å². The van der Waals surface area contributed by atoms with Gasteiger partial charge in [0.15, 0.2) is 0 Å². The van der Waals surface area contributed by atoms with Gasteiger partial charge in [-0.05, 0) is 62.1 Å². The summed E-state index contributed by atoms with van der Waals surface area (Å²) in [5, 5.41) is 3.37. The van der Waals surface area contributed by atoms with E-state index >= 15 is 0 Å². The fourth-order valence-electron chi connectivity index (χ4n) is 3.37. The lowest BCUT2D eigenvalue weighted by atomic mass is 9.79. The SMILES string of the molecule is CNC(c1ccc(C)c(F)c1)C1CCCc2cccnc21. The van der Waals surface area contributed by atoms with Crippen LogP contribution in [0.15, 0.2) is 36.5 Å². The zero-order chi connectivity index (χ0) is 14.8. The van der Waals surface area contributed by atoms with Gasteiger partial charge in [0.25, 0.3) is 0 Å². The van der Waals surface area contributed by atoms with Crippen LogP contribution in [0.5, 0.6) is 0 Å². The average Bonchev–Trinajstić information content (AvgIpc) is 2.52. The van der Waals surface area contributed by atoms with Crippen molar-refractivity contribution in [2.24, 2.45) is 0 Å². The second-order valence-corrected chi connectivity index (χ2v) is 5.82. The molecule has 0 saturated heterocycles. The predicted molar refractivity (Wildman–Crippen MR) is 82.9 cm³/mol. The van der Waals surface area contributed by atoms with Crippen LogP contribution in [0.25, 0.3) is 0 Å². The molecule has 1 aromatic carbocycles. The molecule has 2 unspecified atom stereocenters. The van der Waals surface area contributed by atoms with E-state index in [1.807, 2.05) is 31.4 Å². The van der Waals surface area contributed by atoms with Crippen molar-refractivity contribution >= 4 is 0 Å². The molecule has 0 amide bonds. The molecule has 0 spiro atoms. The van der Waals surface area contributed by atoms with Crippen molar-refractivity contribution < 1.29 is 4.39 Å². The number of hydrogen-bond acceptors (Lipinski definition) is 2. The molecule has 1 aromatic heterocycles. The van der Waals surface area contributed by atoms with Crippen molar-refractivity contribution in [2.45, 2.75) is 38.1 Å². The summed E-state index contributed by atoms with van der Waals surface area (Å²) >= 11 is 0. The van der Waals surface area contributed by atoms with E-state index in [2.05, 4.69) is 16.4 Å². The summed E-state index contributed by atoms with van der Waals surface area (Å²) in [6.07, 6.45) is 5.21. The number of benzene rings is 1. The largest absolute Gasteiger partial charge is 0.312 e. The summed E-state index contributed by atoms with van der Waals surface area (Å²) in [6.45, 7) is 1.80. The van der Waals surface area contributed by atoms with Crippen molar-refractivity contribution in [1.29, 1.82) is 0 Å². The van der Waals surface area contributed by atoms with Crippen LogP contribution in [0.2, 0.25) is 0 Å². The third kappa shape index (κ3) is 2.70. The van der Waals surface area contributed by atoms with E-state index in [1.165, 1.54) is 11.3 Å². The molecule has 2 nitrogen and oxygen atoms in total. The summed E-state index contributed by atoms with van der Waals surface area (Å²) < 4.78 is 13.9. The Labute approximate surface area is 125 Å². The Morgan fingerprint density at radius 2 is 2.19 bits per heavy atom. The molecule has 1 N–H and O–H groups in total. The van der Waals surface area contributed by atoms with Gasteiger partial charge < -0.3 is 5.32 Å². The number of rotatable bonds is 3. The second kappa shape index (κ2) is 5.94. The maximum Gasteiger partial charge on any atom is 0.126 e. The highest BCUT2D eigenvalue weighted by atomic mass is 19.1. The molecule has 2 aromatic rings. The third-order valence-corrected chi connectivity index (χ3v) is 4.51. The highest BCUT2D eigenvalue weighted by Gasteiger charge is 2.29. The zero-order valence-electron chi connectivity index (χ0n) is 12.6. The van der Waals surface area contributed by atoms with Crippen molar-refractivity contribution in [3.8, 4) is 0 Å².